The van der Waals surface area contributed by atoms with E-state index in [0.29, 0.717) is 36.7 Å². The van der Waals surface area contributed by atoms with E-state index >= 15 is 0 Å². The maximum absolute atomic E-state index is 12.4. The predicted molar refractivity (Wildman–Crippen MR) is 81.6 cm³/mol. The lowest BCUT2D eigenvalue weighted by Gasteiger charge is -2.17. The van der Waals surface area contributed by atoms with E-state index < -0.39 is 0 Å². The molecule has 22 heavy (non-hydrogen) atoms. The lowest BCUT2D eigenvalue weighted by Crippen LogP contribution is -2.31. The van der Waals surface area contributed by atoms with Crippen LogP contribution < -0.4 is 10.1 Å². The van der Waals surface area contributed by atoms with E-state index in [1.807, 2.05) is 0 Å². The summed E-state index contributed by atoms with van der Waals surface area (Å²) in [6.07, 6.45) is 4.63. The average Bonchev–Trinajstić information content (AvgIpc) is 3.22. The Morgan fingerprint density at radius 3 is 2.95 bits per heavy atom. The number of hydrogen-bond donors (Lipinski definition) is 1. The lowest BCUT2D eigenvalue weighted by atomic mass is 9.97. The minimum atomic E-state index is -0.0671. The Kier molecular flexibility index (Phi) is 4.57. The smallest absolute Gasteiger partial charge is 0.231 e. The second kappa shape index (κ2) is 6.60. The fourth-order valence-corrected chi connectivity index (χ4v) is 2.74. The second-order valence-corrected chi connectivity index (χ2v) is 6.50. The molecule has 1 aromatic heterocycles. The normalized spacial score (nSPS) is 24.5. The third-order valence-electron chi connectivity index (χ3n) is 4.02. The number of anilines is 1. The van der Waals surface area contributed by atoms with E-state index in [1.54, 1.807) is 6.07 Å². The van der Waals surface area contributed by atoms with Crippen LogP contribution in [0.25, 0.3) is 0 Å². The van der Waals surface area contributed by atoms with E-state index in [0.717, 1.165) is 6.42 Å². The number of nitrogens with one attached hydrogen (secondary N) is 1. The average molecular weight is 305 g/mol. The first-order valence-corrected chi connectivity index (χ1v) is 8.01. The molecule has 0 radical (unpaired) electrons. The predicted octanol–water partition coefficient (Wildman–Crippen LogP) is 2.27. The number of rotatable bonds is 6. The molecule has 1 amide bonds. The van der Waals surface area contributed by atoms with Gasteiger partial charge in [0, 0.05) is 12.7 Å². The molecule has 0 spiro atoms. The van der Waals surface area contributed by atoms with Gasteiger partial charge in [-0.3, -0.25) is 4.79 Å². The van der Waals surface area contributed by atoms with Crippen molar-refractivity contribution in [1.29, 1.82) is 0 Å². The molecule has 1 aliphatic heterocycles. The first-order chi connectivity index (χ1) is 10.6. The maximum atomic E-state index is 12.4. The number of ether oxygens (including phenoxy) is 2. The van der Waals surface area contributed by atoms with Gasteiger partial charge in [-0.25, -0.2) is 9.97 Å². The number of amides is 1. The van der Waals surface area contributed by atoms with Crippen LogP contribution in [0.1, 0.15) is 33.1 Å². The standard InChI is InChI=1S/C16H23N3O3/c1-10(2)8-22-14-7-13(17-9-18-14)19-16(20)12-5-6-21-15(12)11-3-4-11/h7,9-12,15H,3-6,8H2,1-2H3,(H,17,18,19,20)/t12-,15+/m1/s1. The molecule has 2 fully saturated rings. The SMILES string of the molecule is CC(C)COc1cc(NC(=O)[C@@H]2CCO[C@H]2C2CC2)ncn1. The van der Waals surface area contributed by atoms with Gasteiger partial charge in [-0.15, -0.1) is 0 Å². The third kappa shape index (κ3) is 3.74. The van der Waals surface area contributed by atoms with E-state index in [1.165, 1.54) is 19.2 Å². The van der Waals surface area contributed by atoms with Gasteiger partial charge < -0.3 is 14.8 Å². The summed E-state index contributed by atoms with van der Waals surface area (Å²) in [6, 6.07) is 1.67. The Hall–Kier alpha value is -1.69. The quantitative estimate of drug-likeness (QED) is 0.872. The minimum Gasteiger partial charge on any atom is -0.477 e. The summed E-state index contributed by atoms with van der Waals surface area (Å²) in [5, 5.41) is 2.87. The van der Waals surface area contributed by atoms with E-state index in [2.05, 4.69) is 29.1 Å². The number of nitrogens with zero attached hydrogens (tertiary/aromatic N) is 2. The molecule has 6 heteroatoms. The van der Waals surface area contributed by atoms with Crippen molar-refractivity contribution in [2.45, 2.75) is 39.2 Å². The summed E-state index contributed by atoms with van der Waals surface area (Å²) in [5.41, 5.74) is 0. The molecule has 1 saturated heterocycles. The van der Waals surface area contributed by atoms with Crippen molar-refractivity contribution in [3.8, 4) is 5.88 Å². The zero-order chi connectivity index (χ0) is 15.5. The molecule has 120 valence electrons. The molecular weight excluding hydrogens is 282 g/mol. The summed E-state index contributed by atoms with van der Waals surface area (Å²) in [6.45, 7) is 5.40. The molecule has 2 aliphatic rings. The Morgan fingerprint density at radius 1 is 1.41 bits per heavy atom. The second-order valence-electron chi connectivity index (χ2n) is 6.50. The Balaban J connectivity index is 1.60. The molecular formula is C16H23N3O3. The van der Waals surface area contributed by atoms with Crippen LogP contribution in [0.15, 0.2) is 12.4 Å². The van der Waals surface area contributed by atoms with Crippen LogP contribution in [0.4, 0.5) is 5.82 Å². The first kappa shape index (κ1) is 15.2. The van der Waals surface area contributed by atoms with Crippen LogP contribution in [0.2, 0.25) is 0 Å². The summed E-state index contributed by atoms with van der Waals surface area (Å²) in [5.74, 6) is 1.88. The molecule has 1 aromatic rings. The molecule has 0 aromatic carbocycles. The fourth-order valence-electron chi connectivity index (χ4n) is 2.74. The van der Waals surface area contributed by atoms with Crippen LogP contribution >= 0.6 is 0 Å². The Bertz CT molecular complexity index is 531. The highest BCUT2D eigenvalue weighted by Crippen LogP contribution is 2.41. The van der Waals surface area contributed by atoms with Crippen molar-refractivity contribution in [3.63, 3.8) is 0 Å². The van der Waals surface area contributed by atoms with Gasteiger partial charge in [0.1, 0.15) is 12.1 Å². The summed E-state index contributed by atoms with van der Waals surface area (Å²) in [7, 11) is 0. The zero-order valence-electron chi connectivity index (χ0n) is 13.1. The molecule has 2 heterocycles. The van der Waals surface area contributed by atoms with Crippen molar-refractivity contribution in [2.75, 3.05) is 18.5 Å². The van der Waals surface area contributed by atoms with E-state index in [-0.39, 0.29) is 17.9 Å². The Labute approximate surface area is 130 Å². The molecule has 2 atom stereocenters. The van der Waals surface area contributed by atoms with Crippen LogP contribution in [0.5, 0.6) is 5.88 Å². The van der Waals surface area contributed by atoms with Crippen LogP contribution in [-0.2, 0) is 9.53 Å². The highest BCUT2D eigenvalue weighted by Gasteiger charge is 2.43. The molecule has 0 unspecified atom stereocenters. The summed E-state index contributed by atoms with van der Waals surface area (Å²) in [4.78, 5) is 20.6. The zero-order valence-corrected chi connectivity index (χ0v) is 13.1. The molecule has 3 rings (SSSR count). The van der Waals surface area contributed by atoms with Gasteiger partial charge in [0.25, 0.3) is 0 Å². The monoisotopic (exact) mass is 305 g/mol. The van der Waals surface area contributed by atoms with Crippen molar-refractivity contribution < 1.29 is 14.3 Å². The van der Waals surface area contributed by atoms with Crippen LogP contribution in [0, 0.1) is 17.8 Å². The maximum Gasteiger partial charge on any atom is 0.231 e. The van der Waals surface area contributed by atoms with Crippen molar-refractivity contribution in [1.82, 2.24) is 9.97 Å². The number of hydrogen-bond acceptors (Lipinski definition) is 5. The Morgan fingerprint density at radius 2 is 2.23 bits per heavy atom. The van der Waals surface area contributed by atoms with Crippen LogP contribution in [-0.4, -0.2) is 35.2 Å². The topological polar surface area (TPSA) is 73.3 Å². The van der Waals surface area contributed by atoms with E-state index in [4.69, 9.17) is 9.47 Å². The first-order valence-electron chi connectivity index (χ1n) is 8.01. The molecule has 1 aliphatic carbocycles. The highest BCUT2D eigenvalue weighted by atomic mass is 16.5. The van der Waals surface area contributed by atoms with Gasteiger partial charge in [-0.05, 0) is 31.1 Å². The van der Waals surface area contributed by atoms with Gasteiger partial charge in [-0.1, -0.05) is 13.8 Å². The van der Waals surface area contributed by atoms with Crippen LogP contribution in [0.3, 0.4) is 0 Å². The summed E-state index contributed by atoms with van der Waals surface area (Å²) >= 11 is 0. The van der Waals surface area contributed by atoms with Crippen molar-refractivity contribution in [2.24, 2.45) is 17.8 Å². The number of aromatic nitrogens is 2. The minimum absolute atomic E-state index is 0.0112. The van der Waals surface area contributed by atoms with Gasteiger partial charge in [-0.2, -0.15) is 0 Å². The summed E-state index contributed by atoms with van der Waals surface area (Å²) < 4.78 is 11.3. The van der Waals surface area contributed by atoms with Gasteiger partial charge >= 0.3 is 0 Å². The molecule has 1 N–H and O–H groups in total. The van der Waals surface area contributed by atoms with E-state index in [9.17, 15) is 4.79 Å². The fraction of sp³-hybridized carbons (Fsp3) is 0.688. The van der Waals surface area contributed by atoms with Gasteiger partial charge in [0.05, 0.1) is 18.6 Å². The lowest BCUT2D eigenvalue weighted by molar-refractivity contribution is -0.121. The van der Waals surface area contributed by atoms with Gasteiger partial charge in [0.2, 0.25) is 11.8 Å². The van der Waals surface area contributed by atoms with Crippen molar-refractivity contribution in [3.05, 3.63) is 12.4 Å². The number of carbonyl (C=O) groups excluding carboxylic acids is 1. The molecule has 0 bridgehead atoms. The van der Waals surface area contributed by atoms with Crippen molar-refractivity contribution >= 4 is 11.7 Å². The molecule has 1 saturated carbocycles. The third-order valence-corrected chi connectivity index (χ3v) is 4.02. The highest BCUT2D eigenvalue weighted by molar-refractivity contribution is 5.92. The van der Waals surface area contributed by atoms with Gasteiger partial charge in [0.15, 0.2) is 0 Å². The largest absolute Gasteiger partial charge is 0.477 e. The number of carbonyl (C=O) groups is 1. The molecule has 6 nitrogen and oxygen atoms in total.